The summed E-state index contributed by atoms with van der Waals surface area (Å²) in [5, 5.41) is 12.2. The lowest BCUT2D eigenvalue weighted by Gasteiger charge is -2.23. The molecule has 14 rings (SSSR count). The largest absolute Gasteiger partial charge is 0.508 e. The fraction of sp³-hybridized carbons (Fsp3) is 0.174. The molecule has 4 aliphatic heterocycles. The van der Waals surface area contributed by atoms with Crippen molar-refractivity contribution in [3.05, 3.63) is 389 Å². The van der Waals surface area contributed by atoms with E-state index in [1.165, 1.54) is 61.5 Å². The molecule has 0 fully saturated rings. The van der Waals surface area contributed by atoms with Gasteiger partial charge in [-0.2, -0.15) is 0 Å². The number of carbonyl (C=O) groups excluding carboxylic acids is 2. The average molecular weight is 1340 g/mol. The van der Waals surface area contributed by atoms with E-state index in [9.17, 15) is 9.59 Å². The molecule has 520 valence electrons. The smallest absolute Gasteiger partial charge is 0.193 e. The van der Waals surface area contributed by atoms with Crippen molar-refractivity contribution < 1.29 is 28.9 Å². The van der Waals surface area contributed by atoms with Crippen LogP contribution in [0.25, 0.3) is 16.7 Å². The monoisotopic (exact) mass is 1340 g/mol. The van der Waals surface area contributed by atoms with E-state index >= 15 is 0 Å². The third-order valence-electron chi connectivity index (χ3n) is 15.8. The number of nitrogens with one attached hydrogen (secondary N) is 1. The first kappa shape index (κ1) is 80.0. The molecule has 9 heteroatoms. The summed E-state index contributed by atoms with van der Waals surface area (Å²) in [6.07, 6.45) is 49.2. The quantitative estimate of drug-likeness (QED) is 0.166. The molecule has 0 unspecified atom stereocenters. The number of benzene rings is 7. The van der Waals surface area contributed by atoms with Gasteiger partial charge in [-0.25, -0.2) is 0 Å². The summed E-state index contributed by atoms with van der Waals surface area (Å²) in [6, 6.07) is 54.7. The van der Waals surface area contributed by atoms with E-state index in [0.29, 0.717) is 5.75 Å². The number of hydrogen-bond acceptors (Lipinski definition) is 9. The predicted molar refractivity (Wildman–Crippen MR) is 431 cm³/mol. The van der Waals surface area contributed by atoms with Crippen LogP contribution in [0, 0.1) is 34.6 Å². The first-order valence-corrected chi connectivity index (χ1v) is 34.0. The number of anilines is 3. The molecule has 2 N–H and O–H groups in total. The van der Waals surface area contributed by atoms with Gasteiger partial charge in [0.1, 0.15) is 11.5 Å². The van der Waals surface area contributed by atoms with E-state index in [0.717, 1.165) is 62.9 Å². The minimum atomic E-state index is 0.0700. The van der Waals surface area contributed by atoms with Crippen molar-refractivity contribution in [2.75, 3.05) is 36.3 Å². The van der Waals surface area contributed by atoms with Crippen LogP contribution in [0.4, 0.5) is 17.1 Å². The Morgan fingerprint density at radius 2 is 0.931 bits per heavy atom. The summed E-state index contributed by atoms with van der Waals surface area (Å²) >= 11 is 0. The summed E-state index contributed by atoms with van der Waals surface area (Å²) in [6.45, 7) is 24.1. The van der Waals surface area contributed by atoms with E-state index in [4.69, 9.17) is 19.3 Å². The third kappa shape index (κ3) is 28.0. The Kier molecular flexibility index (Phi) is 35.1. The van der Waals surface area contributed by atoms with Crippen LogP contribution in [0.5, 0.6) is 17.2 Å². The van der Waals surface area contributed by atoms with Crippen LogP contribution in [-0.4, -0.2) is 37.8 Å². The minimum absolute atomic E-state index is 0.0700. The molecule has 9 nitrogen and oxygen atoms in total. The molecule has 0 saturated heterocycles. The molecule has 3 aliphatic carbocycles. The van der Waals surface area contributed by atoms with Crippen molar-refractivity contribution in [1.29, 1.82) is 0 Å². The van der Waals surface area contributed by atoms with E-state index in [1.807, 2.05) is 202 Å². The zero-order valence-corrected chi connectivity index (χ0v) is 61.6. The van der Waals surface area contributed by atoms with Crippen LogP contribution < -0.4 is 24.6 Å². The molecule has 0 saturated carbocycles. The zero-order valence-electron chi connectivity index (χ0n) is 61.6. The Hall–Kier alpha value is -11.7. The van der Waals surface area contributed by atoms with Gasteiger partial charge in [0.15, 0.2) is 23.2 Å². The summed E-state index contributed by atoms with van der Waals surface area (Å²) in [4.78, 5) is 26.2. The number of phenolic OH excluding ortho intramolecular Hbond substituents is 1. The molecule has 7 aromatic carbocycles. The Morgan fingerprint density at radius 1 is 0.446 bits per heavy atom. The number of hydrogen-bond donors (Lipinski definition) is 2. The number of carbonyl (C=O) groups is 2. The molecule has 7 aromatic rings. The van der Waals surface area contributed by atoms with Crippen LogP contribution in [0.1, 0.15) is 110 Å². The van der Waals surface area contributed by atoms with Gasteiger partial charge in [-0.1, -0.05) is 217 Å². The van der Waals surface area contributed by atoms with Crippen LogP contribution >= 0.6 is 0 Å². The third-order valence-corrected chi connectivity index (χ3v) is 15.8. The topological polar surface area (TPSA) is 101 Å². The molecule has 0 bridgehead atoms. The fourth-order valence-corrected chi connectivity index (χ4v) is 9.71. The first-order chi connectivity index (χ1) is 48.8. The predicted octanol–water partition coefficient (Wildman–Crippen LogP) is 23.7. The van der Waals surface area contributed by atoms with Crippen molar-refractivity contribution in [2.24, 2.45) is 0 Å². The number of para-hydroxylation sites is 4. The highest BCUT2D eigenvalue weighted by atomic mass is 16.5. The van der Waals surface area contributed by atoms with Gasteiger partial charge in [0.25, 0.3) is 0 Å². The van der Waals surface area contributed by atoms with Gasteiger partial charge >= 0.3 is 0 Å². The number of ketones is 2. The van der Waals surface area contributed by atoms with Crippen LogP contribution in [0.3, 0.4) is 0 Å². The number of aryl methyl sites for hydroxylation is 5. The van der Waals surface area contributed by atoms with Crippen LogP contribution in [-0.2, 0) is 9.53 Å². The molecule has 4 heterocycles. The molecule has 7 aliphatic rings. The number of allylic oxidation sites excluding steroid dienone is 27. The van der Waals surface area contributed by atoms with Crippen molar-refractivity contribution >= 4 is 45.3 Å². The molecular weight excluding hydrogens is 1240 g/mol. The van der Waals surface area contributed by atoms with Gasteiger partial charge in [-0.15, -0.1) is 0 Å². The number of fused-ring (bicyclic) bond motifs is 4. The summed E-state index contributed by atoms with van der Waals surface area (Å²) in [5.74, 6) is 3.21. The normalized spacial score (nSPS) is 15.1. The number of rotatable bonds is 1. The second-order valence-electron chi connectivity index (χ2n) is 23.6. The Labute approximate surface area is 603 Å². The van der Waals surface area contributed by atoms with E-state index < -0.39 is 0 Å². The van der Waals surface area contributed by atoms with Crippen LogP contribution in [0.15, 0.2) is 339 Å². The highest BCUT2D eigenvalue weighted by Gasteiger charge is 2.16. The standard InChI is InChI=1S/C12H13N.C12H10O.C11H10O.C9H9NO.C9H13N.C8H10O.C8H8O.2C8H10.C7H8O/c1-3-10-8-9-13(2)12-7-5-4-6-11(10)12;1-2-9-7-8-12(13)11-6-4-3-5-10(9)11;1-2-9-7-8-12-11-6-4-3-5-10(9)11;1-2-9-10-7-5-3-4-6-8(7)11-9;1-8-4-6-9(7-5-8)10(2)3;1-6-3-4-7(2)8(9)5-6;1-2-7-3-5-8(9)6-4-7;1-7-3-5-8(2)6-4-7;1-2-8-6-4-3-5-7-8;1-2-7-3-5-8-6-4-7/h3-9H,1-2H3;2-8H,1H3;2-8H,1H3;2-6,10H,1H3;4-7H,1-3H3;3-5,9H,1-2H3;2-6H,1H3;3-6H,1-2H3;2,4-7H,3H2,1H3;2-6H,1H3/b10-3+;2*9-2+;9-2-;;;;;;. The van der Waals surface area contributed by atoms with Gasteiger partial charge in [-0.3, -0.25) is 9.59 Å². The molecule has 0 radical (unpaired) electrons. The fourth-order valence-electron chi connectivity index (χ4n) is 9.71. The van der Waals surface area contributed by atoms with Gasteiger partial charge in [0.05, 0.1) is 24.5 Å². The maximum Gasteiger partial charge on any atom is 0.193 e. The van der Waals surface area contributed by atoms with Crippen LogP contribution in [0.2, 0.25) is 0 Å². The van der Waals surface area contributed by atoms with Crippen molar-refractivity contribution in [3.63, 3.8) is 0 Å². The Morgan fingerprint density at radius 3 is 1.46 bits per heavy atom. The van der Waals surface area contributed by atoms with Crippen molar-refractivity contribution in [1.82, 2.24) is 0 Å². The molecule has 0 amide bonds. The lowest BCUT2D eigenvalue weighted by molar-refractivity contribution is -0.110. The van der Waals surface area contributed by atoms with Gasteiger partial charge in [-0.05, 0) is 231 Å². The lowest BCUT2D eigenvalue weighted by atomic mass is 9.92. The molecule has 0 aromatic heterocycles. The zero-order chi connectivity index (χ0) is 73.3. The number of ether oxygens (including phenoxy) is 3. The first-order valence-electron chi connectivity index (χ1n) is 34.0. The van der Waals surface area contributed by atoms with Crippen molar-refractivity contribution in [3.8, 4) is 17.2 Å². The van der Waals surface area contributed by atoms with E-state index in [-0.39, 0.29) is 11.6 Å². The molecular formula is C92H101N3O6. The van der Waals surface area contributed by atoms with Crippen molar-refractivity contribution in [2.45, 2.75) is 89.5 Å². The number of nitrogens with zero attached hydrogens (tertiary/aromatic N) is 2. The summed E-state index contributed by atoms with van der Waals surface area (Å²) < 4.78 is 15.5. The highest BCUT2D eigenvalue weighted by Crippen LogP contribution is 2.34. The molecule has 101 heavy (non-hydrogen) atoms. The summed E-state index contributed by atoms with van der Waals surface area (Å²) in [5.41, 5.74) is 21.1. The average Bonchev–Trinajstić information content (AvgIpc) is 1.82. The maximum atomic E-state index is 11.4. The van der Waals surface area contributed by atoms with E-state index in [1.54, 1.807) is 43.1 Å². The Balaban J connectivity index is 0.000000203. The number of aromatic hydroxyl groups is 1. The summed E-state index contributed by atoms with van der Waals surface area (Å²) in [7, 11) is 6.16. The van der Waals surface area contributed by atoms with E-state index in [2.05, 4.69) is 190 Å². The van der Waals surface area contributed by atoms with Gasteiger partial charge in [0, 0.05) is 55.4 Å². The second kappa shape index (κ2) is 44.3. The second-order valence-corrected chi connectivity index (χ2v) is 23.6. The lowest BCUT2D eigenvalue weighted by Crippen LogP contribution is -2.13. The minimum Gasteiger partial charge on any atom is -0.508 e. The van der Waals surface area contributed by atoms with Gasteiger partial charge in [0.2, 0.25) is 0 Å². The highest BCUT2D eigenvalue weighted by molar-refractivity contribution is 6.12. The van der Waals surface area contributed by atoms with Gasteiger partial charge < -0.3 is 34.4 Å². The SMILES string of the molecule is C/C=C1/Nc2ccccc2O1.C/C=C1\C=CC(=O)c2ccccc21.C/C=C1\C=CN(C)c2ccccc21.C/C=C1\C=COc2ccccc21.CC=C1C=CC(=O)C=C1.CC=C1C=CCC=C1.CC=C1C=COC=C1.Cc1ccc(C)c(O)c1.Cc1ccc(C)cc1.Cc1ccc(N(C)C)cc1. The Bertz CT molecular complexity index is 4220. The maximum absolute atomic E-state index is 11.4. The molecule has 0 atom stereocenters. The molecule has 0 spiro atoms. The number of phenols is 1.